The maximum atomic E-state index is 10.1. The number of hydrogen-bond acceptors (Lipinski definition) is 2. The second-order valence-electron chi connectivity index (χ2n) is 4.83. The molecule has 2 aromatic carbocycles. The highest BCUT2D eigenvalue weighted by atomic mass is 16.3. The van der Waals surface area contributed by atoms with Crippen LogP contribution in [0.25, 0.3) is 0 Å². The minimum absolute atomic E-state index is 0.103. The SMILES string of the molecule is Cc1cc(C)c(C(C)c2ccc(O)cc2)c(O)c1. The first-order valence-corrected chi connectivity index (χ1v) is 6.08. The highest BCUT2D eigenvalue weighted by Gasteiger charge is 2.15. The molecule has 2 aromatic rings. The van der Waals surface area contributed by atoms with Crippen molar-refractivity contribution in [1.82, 2.24) is 0 Å². The van der Waals surface area contributed by atoms with E-state index in [4.69, 9.17) is 0 Å². The predicted octanol–water partition coefficient (Wildman–Crippen LogP) is 3.87. The fraction of sp³-hybridized carbons (Fsp3) is 0.250. The second-order valence-corrected chi connectivity index (χ2v) is 4.83. The molecule has 0 spiro atoms. The standard InChI is InChI=1S/C16H18O2/c1-10-8-11(2)16(15(18)9-10)12(3)13-4-6-14(17)7-5-13/h4-9,12,17-18H,1-3H3. The summed E-state index contributed by atoms with van der Waals surface area (Å²) in [6, 6.07) is 11.0. The van der Waals surface area contributed by atoms with Crippen LogP contribution in [0, 0.1) is 13.8 Å². The predicted molar refractivity (Wildman–Crippen MR) is 73.2 cm³/mol. The largest absolute Gasteiger partial charge is 0.508 e. The summed E-state index contributed by atoms with van der Waals surface area (Å²) in [6.07, 6.45) is 0. The quantitative estimate of drug-likeness (QED) is 0.839. The molecule has 0 aliphatic carbocycles. The molecule has 2 N–H and O–H groups in total. The van der Waals surface area contributed by atoms with Gasteiger partial charge in [0, 0.05) is 11.5 Å². The fourth-order valence-electron chi connectivity index (χ4n) is 2.45. The minimum atomic E-state index is 0.103. The van der Waals surface area contributed by atoms with Crippen molar-refractivity contribution in [2.75, 3.05) is 0 Å². The Bertz CT molecular complexity index is 533. The normalized spacial score (nSPS) is 12.4. The van der Waals surface area contributed by atoms with Crippen molar-refractivity contribution in [1.29, 1.82) is 0 Å². The smallest absolute Gasteiger partial charge is 0.119 e. The Morgan fingerprint density at radius 3 is 2.11 bits per heavy atom. The van der Waals surface area contributed by atoms with Gasteiger partial charge < -0.3 is 10.2 Å². The number of aromatic hydroxyl groups is 2. The van der Waals surface area contributed by atoms with Crippen LogP contribution in [0.15, 0.2) is 36.4 Å². The van der Waals surface area contributed by atoms with E-state index >= 15 is 0 Å². The Morgan fingerprint density at radius 2 is 1.56 bits per heavy atom. The molecule has 0 amide bonds. The lowest BCUT2D eigenvalue weighted by atomic mass is 9.88. The Balaban J connectivity index is 2.46. The van der Waals surface area contributed by atoms with Crippen molar-refractivity contribution >= 4 is 0 Å². The van der Waals surface area contributed by atoms with E-state index < -0.39 is 0 Å². The summed E-state index contributed by atoms with van der Waals surface area (Å²) in [6.45, 7) is 6.05. The maximum Gasteiger partial charge on any atom is 0.119 e. The molecule has 2 rings (SSSR count). The van der Waals surface area contributed by atoms with Crippen molar-refractivity contribution in [3.8, 4) is 11.5 Å². The van der Waals surface area contributed by atoms with Crippen molar-refractivity contribution in [3.05, 3.63) is 58.7 Å². The molecule has 0 heterocycles. The average Bonchev–Trinajstić information content (AvgIpc) is 2.28. The average molecular weight is 242 g/mol. The monoisotopic (exact) mass is 242 g/mol. The van der Waals surface area contributed by atoms with Crippen LogP contribution in [0.3, 0.4) is 0 Å². The van der Waals surface area contributed by atoms with Crippen LogP contribution < -0.4 is 0 Å². The van der Waals surface area contributed by atoms with Crippen molar-refractivity contribution in [2.24, 2.45) is 0 Å². The topological polar surface area (TPSA) is 40.5 Å². The van der Waals surface area contributed by atoms with Gasteiger partial charge in [-0.15, -0.1) is 0 Å². The zero-order valence-corrected chi connectivity index (χ0v) is 10.9. The first-order chi connectivity index (χ1) is 8.49. The van der Waals surface area contributed by atoms with E-state index in [-0.39, 0.29) is 11.7 Å². The molecule has 0 aromatic heterocycles. The summed E-state index contributed by atoms with van der Waals surface area (Å²) in [5.74, 6) is 0.704. The lowest BCUT2D eigenvalue weighted by Gasteiger charge is -2.17. The fourth-order valence-corrected chi connectivity index (χ4v) is 2.45. The highest BCUT2D eigenvalue weighted by Crippen LogP contribution is 2.34. The lowest BCUT2D eigenvalue weighted by Crippen LogP contribution is -2.00. The first-order valence-electron chi connectivity index (χ1n) is 6.08. The zero-order chi connectivity index (χ0) is 13.3. The molecular formula is C16H18O2. The van der Waals surface area contributed by atoms with Crippen LogP contribution in [0.1, 0.15) is 35.1 Å². The van der Waals surface area contributed by atoms with E-state index in [1.54, 1.807) is 18.2 Å². The molecule has 1 unspecified atom stereocenters. The highest BCUT2D eigenvalue weighted by molar-refractivity contribution is 5.48. The van der Waals surface area contributed by atoms with Gasteiger partial charge in [0.05, 0.1) is 0 Å². The summed E-state index contributed by atoms with van der Waals surface area (Å²) >= 11 is 0. The molecule has 94 valence electrons. The number of hydrogen-bond donors (Lipinski definition) is 2. The number of benzene rings is 2. The molecule has 2 heteroatoms. The van der Waals surface area contributed by atoms with Crippen LogP contribution in [-0.2, 0) is 0 Å². The van der Waals surface area contributed by atoms with E-state index in [2.05, 4.69) is 13.0 Å². The van der Waals surface area contributed by atoms with Gasteiger partial charge in [0.2, 0.25) is 0 Å². The lowest BCUT2D eigenvalue weighted by molar-refractivity contribution is 0.464. The summed E-state index contributed by atoms with van der Waals surface area (Å²) < 4.78 is 0. The van der Waals surface area contributed by atoms with Gasteiger partial charge in [-0.1, -0.05) is 25.1 Å². The van der Waals surface area contributed by atoms with Crippen LogP contribution in [0.5, 0.6) is 11.5 Å². The summed E-state index contributed by atoms with van der Waals surface area (Å²) in [7, 11) is 0. The molecule has 0 saturated carbocycles. The third-order valence-corrected chi connectivity index (χ3v) is 3.34. The van der Waals surface area contributed by atoms with E-state index in [9.17, 15) is 10.2 Å². The van der Waals surface area contributed by atoms with E-state index in [0.29, 0.717) is 5.75 Å². The summed E-state index contributed by atoms with van der Waals surface area (Å²) in [5, 5.41) is 19.4. The second kappa shape index (κ2) is 4.73. The maximum absolute atomic E-state index is 10.1. The molecule has 0 bridgehead atoms. The first kappa shape index (κ1) is 12.5. The molecule has 1 atom stereocenters. The van der Waals surface area contributed by atoms with E-state index in [0.717, 1.165) is 22.3 Å². The van der Waals surface area contributed by atoms with Gasteiger partial charge in [0.15, 0.2) is 0 Å². The van der Waals surface area contributed by atoms with Crippen LogP contribution in [0.2, 0.25) is 0 Å². The molecule has 2 nitrogen and oxygen atoms in total. The van der Waals surface area contributed by atoms with Gasteiger partial charge in [-0.05, 0) is 48.7 Å². The van der Waals surface area contributed by atoms with E-state index in [1.165, 1.54) is 0 Å². The molecule has 0 fully saturated rings. The van der Waals surface area contributed by atoms with E-state index in [1.807, 2.05) is 26.0 Å². The molecule has 18 heavy (non-hydrogen) atoms. The Labute approximate surface area is 108 Å². The zero-order valence-electron chi connectivity index (χ0n) is 10.9. The van der Waals surface area contributed by atoms with Gasteiger partial charge in [-0.25, -0.2) is 0 Å². The van der Waals surface area contributed by atoms with Gasteiger partial charge in [-0.3, -0.25) is 0 Å². The van der Waals surface area contributed by atoms with Gasteiger partial charge in [0.25, 0.3) is 0 Å². The van der Waals surface area contributed by atoms with Crippen molar-refractivity contribution in [3.63, 3.8) is 0 Å². The van der Waals surface area contributed by atoms with Crippen LogP contribution >= 0.6 is 0 Å². The van der Waals surface area contributed by atoms with Crippen molar-refractivity contribution < 1.29 is 10.2 Å². The number of phenolic OH excluding ortho intramolecular Hbond substituents is 2. The number of rotatable bonds is 2. The number of phenols is 2. The van der Waals surface area contributed by atoms with Crippen LogP contribution in [-0.4, -0.2) is 10.2 Å². The van der Waals surface area contributed by atoms with Gasteiger partial charge in [-0.2, -0.15) is 0 Å². The Morgan fingerprint density at radius 1 is 0.944 bits per heavy atom. The van der Waals surface area contributed by atoms with Crippen LogP contribution in [0.4, 0.5) is 0 Å². The van der Waals surface area contributed by atoms with Gasteiger partial charge >= 0.3 is 0 Å². The number of aryl methyl sites for hydroxylation is 2. The Hall–Kier alpha value is -1.96. The summed E-state index contributed by atoms with van der Waals surface area (Å²) in [5.41, 5.74) is 4.18. The molecule has 0 aliphatic heterocycles. The minimum Gasteiger partial charge on any atom is -0.508 e. The third-order valence-electron chi connectivity index (χ3n) is 3.34. The van der Waals surface area contributed by atoms with Crippen molar-refractivity contribution in [2.45, 2.75) is 26.7 Å². The summed E-state index contributed by atoms with van der Waals surface area (Å²) in [4.78, 5) is 0. The molecular weight excluding hydrogens is 224 g/mol. The molecule has 0 aliphatic rings. The Kier molecular flexibility index (Phi) is 3.28. The molecule has 0 radical (unpaired) electrons. The third kappa shape index (κ3) is 2.33. The van der Waals surface area contributed by atoms with Gasteiger partial charge in [0.1, 0.15) is 11.5 Å². The molecule has 0 saturated heterocycles.